The van der Waals surface area contributed by atoms with E-state index in [1.807, 2.05) is 19.3 Å². The summed E-state index contributed by atoms with van der Waals surface area (Å²) < 4.78 is 2.20. The molecule has 2 aromatic rings. The van der Waals surface area contributed by atoms with Crippen LogP contribution in [0.5, 0.6) is 0 Å². The van der Waals surface area contributed by atoms with Gasteiger partial charge in [-0.05, 0) is 31.4 Å². The van der Waals surface area contributed by atoms with Gasteiger partial charge in [-0.1, -0.05) is 12.8 Å². The van der Waals surface area contributed by atoms with Gasteiger partial charge in [-0.2, -0.15) is 0 Å². The predicted molar refractivity (Wildman–Crippen MR) is 67.4 cm³/mol. The second-order valence-electron chi connectivity index (χ2n) is 4.93. The molecular formula is C14H16N2O. The Bertz CT molecular complexity index is 565. The van der Waals surface area contributed by atoms with Crippen molar-refractivity contribution in [3.05, 3.63) is 29.6 Å². The second-order valence-corrected chi connectivity index (χ2v) is 4.93. The average molecular weight is 228 g/mol. The first-order chi connectivity index (χ1) is 8.29. The number of fused-ring (bicyclic) bond motifs is 1. The fraction of sp³-hybridized carbons (Fsp3) is 0.429. The number of carbonyl (C=O) groups is 1. The van der Waals surface area contributed by atoms with Crippen molar-refractivity contribution in [1.82, 2.24) is 9.55 Å². The third kappa shape index (κ3) is 1.66. The minimum atomic E-state index is 0.529. The first-order valence-corrected chi connectivity index (χ1v) is 6.22. The van der Waals surface area contributed by atoms with Gasteiger partial charge < -0.3 is 4.57 Å². The molecule has 3 rings (SSSR count). The Labute approximate surface area is 100 Å². The van der Waals surface area contributed by atoms with E-state index >= 15 is 0 Å². The van der Waals surface area contributed by atoms with Crippen LogP contribution in [0.3, 0.4) is 0 Å². The molecule has 1 aliphatic carbocycles. The van der Waals surface area contributed by atoms with Crippen molar-refractivity contribution in [1.29, 1.82) is 0 Å². The monoisotopic (exact) mass is 228 g/mol. The Hall–Kier alpha value is -1.64. The highest BCUT2D eigenvalue weighted by atomic mass is 16.1. The summed E-state index contributed by atoms with van der Waals surface area (Å²) >= 11 is 0. The molecular weight excluding hydrogens is 212 g/mol. The van der Waals surface area contributed by atoms with Gasteiger partial charge in [-0.15, -0.1) is 0 Å². The van der Waals surface area contributed by atoms with E-state index in [1.165, 1.54) is 25.7 Å². The average Bonchev–Trinajstić information content (AvgIpc) is 2.94. The van der Waals surface area contributed by atoms with Gasteiger partial charge in [0.25, 0.3) is 0 Å². The summed E-state index contributed by atoms with van der Waals surface area (Å²) in [6, 6.07) is 2.58. The Morgan fingerprint density at radius 1 is 1.41 bits per heavy atom. The van der Waals surface area contributed by atoms with Gasteiger partial charge in [0.15, 0.2) is 6.29 Å². The molecule has 0 aliphatic heterocycles. The molecule has 0 atom stereocenters. The number of pyridine rings is 1. The lowest BCUT2D eigenvalue weighted by molar-refractivity contribution is 0.112. The van der Waals surface area contributed by atoms with Gasteiger partial charge in [0.2, 0.25) is 0 Å². The largest absolute Gasteiger partial charge is 0.329 e. The van der Waals surface area contributed by atoms with Crippen molar-refractivity contribution in [2.24, 2.45) is 0 Å². The van der Waals surface area contributed by atoms with Crippen LogP contribution in [0, 0.1) is 6.92 Å². The van der Waals surface area contributed by atoms with E-state index in [1.54, 1.807) is 0 Å². The van der Waals surface area contributed by atoms with E-state index in [4.69, 9.17) is 0 Å². The number of hydrogen-bond donors (Lipinski definition) is 0. The fourth-order valence-electron chi connectivity index (χ4n) is 2.82. The summed E-state index contributed by atoms with van der Waals surface area (Å²) in [6.07, 6.45) is 9.77. The second kappa shape index (κ2) is 3.99. The van der Waals surface area contributed by atoms with Crippen LogP contribution in [-0.4, -0.2) is 15.8 Å². The number of rotatable bonds is 2. The number of aldehydes is 1. The fourth-order valence-corrected chi connectivity index (χ4v) is 2.82. The van der Waals surface area contributed by atoms with Crippen LogP contribution < -0.4 is 0 Å². The van der Waals surface area contributed by atoms with Gasteiger partial charge >= 0.3 is 0 Å². The Morgan fingerprint density at radius 3 is 2.88 bits per heavy atom. The van der Waals surface area contributed by atoms with Crippen LogP contribution in [0.25, 0.3) is 11.0 Å². The van der Waals surface area contributed by atoms with E-state index in [9.17, 15) is 4.79 Å². The smallest absolute Gasteiger partial charge is 0.152 e. The Morgan fingerprint density at radius 2 is 2.18 bits per heavy atom. The Balaban J connectivity index is 2.21. The van der Waals surface area contributed by atoms with E-state index < -0.39 is 0 Å². The van der Waals surface area contributed by atoms with E-state index in [0.717, 1.165) is 28.4 Å². The molecule has 0 unspecified atom stereocenters. The lowest BCUT2D eigenvalue weighted by Gasteiger charge is -2.12. The summed E-state index contributed by atoms with van der Waals surface area (Å²) in [5, 5.41) is 0.993. The molecule has 17 heavy (non-hydrogen) atoms. The molecule has 0 bridgehead atoms. The third-order valence-corrected chi connectivity index (χ3v) is 3.68. The summed E-state index contributed by atoms with van der Waals surface area (Å²) in [4.78, 5) is 15.6. The highest BCUT2D eigenvalue weighted by Gasteiger charge is 2.20. The molecule has 0 aromatic carbocycles. The first kappa shape index (κ1) is 10.5. The van der Waals surface area contributed by atoms with E-state index in [2.05, 4.69) is 15.6 Å². The minimum Gasteiger partial charge on any atom is -0.329 e. The highest BCUT2D eigenvalue weighted by molar-refractivity contribution is 5.96. The molecule has 0 amide bonds. The van der Waals surface area contributed by atoms with Crippen molar-refractivity contribution < 1.29 is 4.79 Å². The molecule has 1 fully saturated rings. The van der Waals surface area contributed by atoms with Gasteiger partial charge in [-0.25, -0.2) is 4.98 Å². The van der Waals surface area contributed by atoms with Gasteiger partial charge in [-0.3, -0.25) is 4.79 Å². The Kier molecular flexibility index (Phi) is 2.46. The van der Waals surface area contributed by atoms with Gasteiger partial charge in [0, 0.05) is 29.4 Å². The summed E-state index contributed by atoms with van der Waals surface area (Å²) in [6.45, 7) is 2.01. The molecule has 0 N–H and O–H groups in total. The van der Waals surface area contributed by atoms with Crippen LogP contribution in [0.1, 0.15) is 47.6 Å². The molecule has 0 radical (unpaired) electrons. The standard InChI is InChI=1S/C14H16N2O/c1-10-6-13-11(9-17)8-16(14(13)15-7-10)12-4-2-3-5-12/h6-9,12H,2-5H2,1H3. The van der Waals surface area contributed by atoms with Crippen LogP contribution >= 0.6 is 0 Å². The molecule has 88 valence electrons. The SMILES string of the molecule is Cc1cnc2c(c1)c(C=O)cn2C1CCCC1. The van der Waals surface area contributed by atoms with Crippen LogP contribution in [0.15, 0.2) is 18.5 Å². The number of aryl methyl sites for hydroxylation is 1. The normalized spacial score (nSPS) is 16.8. The summed E-state index contributed by atoms with van der Waals surface area (Å²) in [7, 11) is 0. The lowest BCUT2D eigenvalue weighted by Crippen LogP contribution is -2.03. The molecule has 0 spiro atoms. The third-order valence-electron chi connectivity index (χ3n) is 3.68. The zero-order chi connectivity index (χ0) is 11.8. The van der Waals surface area contributed by atoms with E-state index in [-0.39, 0.29) is 0 Å². The zero-order valence-corrected chi connectivity index (χ0v) is 10.0. The van der Waals surface area contributed by atoms with Crippen LogP contribution in [0.4, 0.5) is 0 Å². The number of carbonyl (C=O) groups excluding carboxylic acids is 1. The van der Waals surface area contributed by atoms with Gasteiger partial charge in [0.05, 0.1) is 0 Å². The summed E-state index contributed by atoms with van der Waals surface area (Å²) in [5.41, 5.74) is 2.83. The number of hydrogen-bond acceptors (Lipinski definition) is 2. The first-order valence-electron chi connectivity index (χ1n) is 6.22. The lowest BCUT2D eigenvalue weighted by atomic mass is 10.2. The number of aromatic nitrogens is 2. The van der Waals surface area contributed by atoms with E-state index in [0.29, 0.717) is 6.04 Å². The maximum Gasteiger partial charge on any atom is 0.152 e. The van der Waals surface area contributed by atoms with Gasteiger partial charge in [0.1, 0.15) is 5.65 Å². The van der Waals surface area contributed by atoms with Crippen molar-refractivity contribution >= 4 is 17.3 Å². The maximum atomic E-state index is 11.1. The van der Waals surface area contributed by atoms with Crippen molar-refractivity contribution in [3.63, 3.8) is 0 Å². The zero-order valence-electron chi connectivity index (χ0n) is 10.0. The van der Waals surface area contributed by atoms with Crippen molar-refractivity contribution in [2.45, 2.75) is 38.6 Å². The molecule has 3 heteroatoms. The predicted octanol–water partition coefficient (Wildman–Crippen LogP) is 3.27. The number of nitrogens with zero attached hydrogens (tertiary/aromatic N) is 2. The van der Waals surface area contributed by atoms with Crippen molar-refractivity contribution in [3.8, 4) is 0 Å². The molecule has 2 aromatic heterocycles. The molecule has 1 saturated carbocycles. The highest BCUT2D eigenvalue weighted by Crippen LogP contribution is 2.33. The molecule has 3 nitrogen and oxygen atoms in total. The molecule has 2 heterocycles. The minimum absolute atomic E-state index is 0.529. The van der Waals surface area contributed by atoms with Crippen LogP contribution in [0.2, 0.25) is 0 Å². The topological polar surface area (TPSA) is 34.9 Å². The molecule has 1 aliphatic rings. The molecule has 0 saturated heterocycles. The van der Waals surface area contributed by atoms with Crippen molar-refractivity contribution in [2.75, 3.05) is 0 Å². The quantitative estimate of drug-likeness (QED) is 0.739. The maximum absolute atomic E-state index is 11.1. The van der Waals surface area contributed by atoms with Crippen LogP contribution in [-0.2, 0) is 0 Å². The summed E-state index contributed by atoms with van der Waals surface area (Å²) in [5.74, 6) is 0.